The van der Waals surface area contributed by atoms with Crippen molar-refractivity contribution in [3.8, 4) is 6.07 Å². The lowest BCUT2D eigenvalue weighted by Gasteiger charge is -2.20. The Morgan fingerprint density at radius 3 is 2.55 bits per heavy atom. The molecule has 1 fully saturated rings. The quantitative estimate of drug-likeness (QED) is 0.670. The van der Waals surface area contributed by atoms with Crippen LogP contribution in [0.25, 0.3) is 0 Å². The first-order chi connectivity index (χ1) is 5.33. The molecule has 0 heterocycles. The predicted molar refractivity (Wildman–Crippen MR) is 40.8 cm³/mol. The summed E-state index contributed by atoms with van der Waals surface area (Å²) < 4.78 is 11.8. The van der Waals surface area contributed by atoms with Crippen LogP contribution < -0.4 is 5.32 Å². The van der Waals surface area contributed by atoms with Gasteiger partial charge >= 0.3 is 0 Å². The van der Waals surface area contributed by atoms with Gasteiger partial charge in [0.25, 0.3) is 0 Å². The van der Waals surface area contributed by atoms with Crippen LogP contribution in [0.1, 0.15) is 25.7 Å². The van der Waals surface area contributed by atoms with Gasteiger partial charge in [0.2, 0.25) is 0 Å². The minimum Gasteiger partial charge on any atom is -0.297 e. The maximum atomic E-state index is 11.8. The fraction of sp³-hybridized carbons (Fsp3) is 0.875. The van der Waals surface area contributed by atoms with Gasteiger partial charge in [0.1, 0.15) is 12.2 Å². The number of nitriles is 1. The Labute approximate surface area is 66.4 Å². The van der Waals surface area contributed by atoms with Gasteiger partial charge in [-0.3, -0.25) is 5.32 Å². The van der Waals surface area contributed by atoms with Gasteiger partial charge in [0.15, 0.2) is 0 Å². The Kier molecular flexibility index (Phi) is 2.84. The predicted octanol–water partition coefficient (Wildman–Crippen LogP) is 1.38. The molecule has 1 rings (SSSR count). The zero-order valence-corrected chi connectivity index (χ0v) is 6.57. The highest BCUT2D eigenvalue weighted by molar-refractivity contribution is 5.09. The normalized spacial score (nSPS) is 21.5. The van der Waals surface area contributed by atoms with E-state index in [-0.39, 0.29) is 6.67 Å². The molecule has 0 bridgehead atoms. The van der Waals surface area contributed by atoms with Crippen molar-refractivity contribution in [2.24, 2.45) is 0 Å². The summed E-state index contributed by atoms with van der Waals surface area (Å²) in [5, 5.41) is 11.8. The van der Waals surface area contributed by atoms with Crippen molar-refractivity contribution in [2.45, 2.75) is 31.2 Å². The second-order valence-corrected chi connectivity index (χ2v) is 3.02. The fourth-order valence-electron chi connectivity index (χ4n) is 1.59. The van der Waals surface area contributed by atoms with Crippen LogP contribution in [0.3, 0.4) is 0 Å². The van der Waals surface area contributed by atoms with E-state index in [1.165, 1.54) is 0 Å². The summed E-state index contributed by atoms with van der Waals surface area (Å²) in [7, 11) is 0. The smallest absolute Gasteiger partial charge is 0.106 e. The molecule has 1 aliphatic rings. The summed E-state index contributed by atoms with van der Waals surface area (Å²) >= 11 is 0. The molecule has 0 radical (unpaired) electrons. The molecule has 0 aromatic carbocycles. The molecule has 3 heteroatoms. The van der Waals surface area contributed by atoms with E-state index in [0.717, 1.165) is 25.7 Å². The second kappa shape index (κ2) is 3.68. The van der Waals surface area contributed by atoms with Crippen molar-refractivity contribution in [2.75, 3.05) is 13.2 Å². The first-order valence-corrected chi connectivity index (χ1v) is 4.05. The molecule has 1 N–H and O–H groups in total. The summed E-state index contributed by atoms with van der Waals surface area (Å²) in [4.78, 5) is 0. The van der Waals surface area contributed by atoms with E-state index in [1.807, 2.05) is 0 Å². The van der Waals surface area contributed by atoms with Gasteiger partial charge in [-0.05, 0) is 12.8 Å². The van der Waals surface area contributed by atoms with Gasteiger partial charge in [-0.1, -0.05) is 12.8 Å². The molecule has 0 aromatic heterocycles. The average Bonchev–Trinajstić information content (AvgIpc) is 2.50. The molecular formula is C8H13FN2. The lowest BCUT2D eigenvalue weighted by Crippen LogP contribution is -2.42. The molecule has 1 saturated carbocycles. The molecule has 0 saturated heterocycles. The lowest BCUT2D eigenvalue weighted by molar-refractivity contribution is 0.380. The standard InChI is InChI=1S/C8H13FN2/c9-5-6-11-8(7-10)3-1-2-4-8/h11H,1-6H2. The minimum absolute atomic E-state index is 0.313. The number of rotatable bonds is 3. The zero-order chi connectivity index (χ0) is 8.16. The van der Waals surface area contributed by atoms with Crippen LogP contribution in [0, 0.1) is 11.3 Å². The molecule has 0 amide bonds. The number of alkyl halides is 1. The maximum absolute atomic E-state index is 11.8. The topological polar surface area (TPSA) is 35.8 Å². The van der Waals surface area contributed by atoms with E-state index in [0.29, 0.717) is 6.54 Å². The van der Waals surface area contributed by atoms with E-state index in [9.17, 15) is 4.39 Å². The van der Waals surface area contributed by atoms with Gasteiger partial charge in [0, 0.05) is 6.54 Å². The van der Waals surface area contributed by atoms with Crippen molar-refractivity contribution in [3.05, 3.63) is 0 Å². The zero-order valence-electron chi connectivity index (χ0n) is 6.57. The van der Waals surface area contributed by atoms with E-state index < -0.39 is 5.54 Å². The first kappa shape index (κ1) is 8.48. The highest BCUT2D eigenvalue weighted by Gasteiger charge is 2.32. The van der Waals surface area contributed by atoms with E-state index in [4.69, 9.17) is 5.26 Å². The number of nitrogens with zero attached hydrogens (tertiary/aromatic N) is 1. The van der Waals surface area contributed by atoms with Crippen LogP contribution in [-0.2, 0) is 0 Å². The van der Waals surface area contributed by atoms with Crippen LogP contribution in [-0.4, -0.2) is 18.8 Å². The number of hydrogen-bond acceptors (Lipinski definition) is 2. The molecule has 2 nitrogen and oxygen atoms in total. The van der Waals surface area contributed by atoms with Crippen LogP contribution in [0.4, 0.5) is 4.39 Å². The number of nitrogens with one attached hydrogen (secondary N) is 1. The van der Waals surface area contributed by atoms with E-state index >= 15 is 0 Å². The molecule has 0 unspecified atom stereocenters. The monoisotopic (exact) mass is 156 g/mol. The largest absolute Gasteiger partial charge is 0.297 e. The number of hydrogen-bond donors (Lipinski definition) is 1. The molecule has 1 aliphatic carbocycles. The third-order valence-electron chi connectivity index (χ3n) is 2.23. The molecule has 62 valence electrons. The van der Waals surface area contributed by atoms with Crippen molar-refractivity contribution in [1.82, 2.24) is 5.32 Å². The van der Waals surface area contributed by atoms with Gasteiger partial charge in [0.05, 0.1) is 6.07 Å². The Bertz CT molecular complexity index is 156. The SMILES string of the molecule is N#CC1(NCCF)CCCC1. The maximum Gasteiger partial charge on any atom is 0.106 e. The van der Waals surface area contributed by atoms with Crippen molar-refractivity contribution in [1.29, 1.82) is 5.26 Å². The molecule has 0 aromatic rings. The molecular weight excluding hydrogens is 143 g/mol. The summed E-state index contributed by atoms with van der Waals surface area (Å²) in [5.74, 6) is 0. The van der Waals surface area contributed by atoms with Crippen molar-refractivity contribution >= 4 is 0 Å². The molecule has 0 aliphatic heterocycles. The molecule has 0 atom stereocenters. The lowest BCUT2D eigenvalue weighted by atomic mass is 10.0. The highest BCUT2D eigenvalue weighted by Crippen LogP contribution is 2.28. The van der Waals surface area contributed by atoms with Gasteiger partial charge in [-0.2, -0.15) is 5.26 Å². The highest BCUT2D eigenvalue weighted by atomic mass is 19.1. The Morgan fingerprint density at radius 1 is 1.45 bits per heavy atom. The van der Waals surface area contributed by atoms with E-state index in [1.54, 1.807) is 0 Å². The molecule has 11 heavy (non-hydrogen) atoms. The van der Waals surface area contributed by atoms with Crippen molar-refractivity contribution in [3.63, 3.8) is 0 Å². The van der Waals surface area contributed by atoms with Crippen LogP contribution in [0.5, 0.6) is 0 Å². The minimum atomic E-state index is -0.397. The summed E-state index contributed by atoms with van der Waals surface area (Å²) in [6.07, 6.45) is 3.94. The summed E-state index contributed by atoms with van der Waals surface area (Å²) in [5.41, 5.74) is -0.397. The third kappa shape index (κ3) is 1.90. The summed E-state index contributed by atoms with van der Waals surface area (Å²) in [6, 6.07) is 2.23. The van der Waals surface area contributed by atoms with Crippen LogP contribution in [0.15, 0.2) is 0 Å². The number of halogens is 1. The fourth-order valence-corrected chi connectivity index (χ4v) is 1.59. The first-order valence-electron chi connectivity index (χ1n) is 4.05. The van der Waals surface area contributed by atoms with Gasteiger partial charge < -0.3 is 0 Å². The van der Waals surface area contributed by atoms with Crippen molar-refractivity contribution < 1.29 is 4.39 Å². The van der Waals surface area contributed by atoms with Crippen LogP contribution >= 0.6 is 0 Å². The Hall–Kier alpha value is -0.620. The summed E-state index contributed by atoms with van der Waals surface area (Å²) in [6.45, 7) is -0.0724. The third-order valence-corrected chi connectivity index (χ3v) is 2.23. The van der Waals surface area contributed by atoms with Crippen LogP contribution in [0.2, 0.25) is 0 Å². The Morgan fingerprint density at radius 2 is 2.09 bits per heavy atom. The molecule has 0 spiro atoms. The van der Waals surface area contributed by atoms with Gasteiger partial charge in [-0.25, -0.2) is 4.39 Å². The van der Waals surface area contributed by atoms with Gasteiger partial charge in [-0.15, -0.1) is 0 Å². The van der Waals surface area contributed by atoms with E-state index in [2.05, 4.69) is 11.4 Å². The average molecular weight is 156 g/mol. The second-order valence-electron chi connectivity index (χ2n) is 3.02. The Balaban J connectivity index is 2.41.